The van der Waals surface area contributed by atoms with Crippen LogP contribution in [0.4, 0.5) is 0 Å². The van der Waals surface area contributed by atoms with Crippen LogP contribution in [0, 0.1) is 46.3 Å². The fraction of sp³-hybridized carbons (Fsp3) is 0.958. The fourth-order valence-corrected chi connectivity index (χ4v) is 8.71. The number of carbonyl (C=O) groups is 1. The third kappa shape index (κ3) is 3.88. The number of carboxylic acids is 1. The van der Waals surface area contributed by atoms with Gasteiger partial charge in [-0.1, -0.05) is 20.8 Å². The Morgan fingerprint density at radius 2 is 1.79 bits per heavy atom. The van der Waals surface area contributed by atoms with E-state index in [-0.39, 0.29) is 59.0 Å². The summed E-state index contributed by atoms with van der Waals surface area (Å²) in [5.74, 6) is 2.19. The van der Waals surface area contributed by atoms with Crippen molar-refractivity contribution in [3.8, 4) is 0 Å². The second kappa shape index (κ2) is 8.73. The number of aliphatic hydroxyl groups excluding tert-OH is 2. The number of rotatable bonds is 4. The molecule has 0 amide bonds. The molecule has 4 aliphatic carbocycles. The zero-order valence-electron chi connectivity index (χ0n) is 18.9. The van der Waals surface area contributed by atoms with Crippen LogP contribution in [0.1, 0.15) is 85.0 Å². The molecule has 4 rings (SSSR count). The van der Waals surface area contributed by atoms with Crippen LogP contribution in [-0.2, 0) is 4.79 Å². The average molecular weight is 415 g/mol. The van der Waals surface area contributed by atoms with Crippen molar-refractivity contribution in [1.82, 2.24) is 0 Å². The van der Waals surface area contributed by atoms with Crippen molar-refractivity contribution in [2.45, 2.75) is 97.2 Å². The summed E-state index contributed by atoms with van der Waals surface area (Å²) >= 11 is 0. The maximum absolute atomic E-state index is 11.5. The standard InChI is InChI=1S/C24H40O4.Na/c1-14(4-9-22(27)28)18-7-8-19-17-6-5-15-12-16(25)10-11-23(15,2)20(17)13-21(26)24(18,19)3;/h14-21,25-26H,4-13H2,1-3H3,(H,27,28);/q;+1/p-1/t14-,15+,16-,17+,18-,19+,20+,21+,23+,24-;/m1./s1. The number of carbonyl (C=O) groups excluding carboxylic acids is 1. The summed E-state index contributed by atoms with van der Waals surface area (Å²) in [4.78, 5) is 10.9. The molecule has 0 bridgehead atoms. The molecule has 0 aromatic carbocycles. The van der Waals surface area contributed by atoms with E-state index in [0.29, 0.717) is 41.9 Å². The van der Waals surface area contributed by atoms with Crippen molar-refractivity contribution in [1.29, 1.82) is 0 Å². The van der Waals surface area contributed by atoms with Crippen molar-refractivity contribution < 1.29 is 49.7 Å². The molecule has 0 aromatic heterocycles. The van der Waals surface area contributed by atoms with Crippen LogP contribution in [0.2, 0.25) is 0 Å². The van der Waals surface area contributed by atoms with Gasteiger partial charge in [-0.3, -0.25) is 0 Å². The zero-order chi connectivity index (χ0) is 20.3. The first-order valence-electron chi connectivity index (χ1n) is 11.7. The Labute approximate surface area is 198 Å². The maximum atomic E-state index is 11.5. The van der Waals surface area contributed by atoms with E-state index in [1.54, 1.807) is 0 Å². The Morgan fingerprint density at radius 1 is 1.07 bits per heavy atom. The normalized spacial score (nSPS) is 49.9. The number of hydrogen-bond donors (Lipinski definition) is 2. The van der Waals surface area contributed by atoms with Gasteiger partial charge >= 0.3 is 29.6 Å². The summed E-state index contributed by atoms with van der Waals surface area (Å²) in [5.41, 5.74) is 0.188. The minimum atomic E-state index is -0.957. The molecule has 160 valence electrons. The molecule has 0 aliphatic heterocycles. The second-order valence-electron chi connectivity index (χ2n) is 11.3. The van der Waals surface area contributed by atoms with Gasteiger partial charge in [0.05, 0.1) is 12.2 Å². The van der Waals surface area contributed by atoms with E-state index in [4.69, 9.17) is 0 Å². The number of carboxylic acid groups (broad SMARTS) is 1. The molecule has 0 saturated heterocycles. The Bertz CT molecular complexity index is 612. The largest absolute Gasteiger partial charge is 1.00 e. The first-order valence-corrected chi connectivity index (χ1v) is 11.7. The molecule has 10 atom stereocenters. The van der Waals surface area contributed by atoms with Crippen molar-refractivity contribution in [3.05, 3.63) is 0 Å². The van der Waals surface area contributed by atoms with Crippen LogP contribution in [0.3, 0.4) is 0 Å². The molecule has 4 nitrogen and oxygen atoms in total. The molecular formula is C24H39NaO4. The topological polar surface area (TPSA) is 80.6 Å². The smallest absolute Gasteiger partial charge is 0.550 e. The molecule has 4 fully saturated rings. The van der Waals surface area contributed by atoms with Gasteiger partial charge in [-0.2, -0.15) is 0 Å². The molecular weight excluding hydrogens is 375 g/mol. The van der Waals surface area contributed by atoms with Crippen molar-refractivity contribution in [2.24, 2.45) is 46.3 Å². The van der Waals surface area contributed by atoms with Crippen molar-refractivity contribution in [2.75, 3.05) is 0 Å². The van der Waals surface area contributed by atoms with Crippen molar-refractivity contribution >= 4 is 5.97 Å². The van der Waals surface area contributed by atoms with E-state index in [2.05, 4.69) is 20.8 Å². The van der Waals surface area contributed by atoms with Gasteiger partial charge < -0.3 is 20.1 Å². The van der Waals surface area contributed by atoms with E-state index < -0.39 is 5.97 Å². The first kappa shape index (κ1) is 24.0. The molecule has 0 aromatic rings. The number of fused-ring (bicyclic) bond motifs is 5. The maximum Gasteiger partial charge on any atom is 1.00 e. The van der Waals surface area contributed by atoms with Gasteiger partial charge in [-0.25, -0.2) is 0 Å². The van der Waals surface area contributed by atoms with Gasteiger partial charge in [0.15, 0.2) is 0 Å². The van der Waals surface area contributed by atoms with Gasteiger partial charge in [0, 0.05) is 5.97 Å². The average Bonchev–Trinajstić information content (AvgIpc) is 3.00. The van der Waals surface area contributed by atoms with Crippen LogP contribution in [-0.4, -0.2) is 28.4 Å². The summed E-state index contributed by atoms with van der Waals surface area (Å²) in [6.45, 7) is 6.94. The Kier molecular flexibility index (Phi) is 7.24. The van der Waals surface area contributed by atoms with Crippen LogP contribution < -0.4 is 34.7 Å². The Balaban J connectivity index is 0.00000240. The Morgan fingerprint density at radius 3 is 2.48 bits per heavy atom. The van der Waals surface area contributed by atoms with E-state index in [1.165, 1.54) is 19.3 Å². The van der Waals surface area contributed by atoms with Gasteiger partial charge in [-0.15, -0.1) is 0 Å². The monoisotopic (exact) mass is 414 g/mol. The molecule has 4 aliphatic rings. The molecule has 2 N–H and O–H groups in total. The third-order valence-corrected chi connectivity index (χ3v) is 10.3. The van der Waals surface area contributed by atoms with E-state index in [9.17, 15) is 20.1 Å². The molecule has 29 heavy (non-hydrogen) atoms. The number of aliphatic carboxylic acids is 1. The molecule has 4 saturated carbocycles. The van der Waals surface area contributed by atoms with E-state index in [1.807, 2.05) is 0 Å². The van der Waals surface area contributed by atoms with Crippen LogP contribution in [0.5, 0.6) is 0 Å². The van der Waals surface area contributed by atoms with E-state index in [0.717, 1.165) is 32.1 Å². The molecule has 0 heterocycles. The number of hydrogen-bond acceptors (Lipinski definition) is 4. The SMILES string of the molecule is C[C@H](CCC(=O)[O-])[C@H]1CC[C@H]2[C@@H]3CC[C@H]4C[C@H](O)CC[C@]4(C)[C@H]3C[C@H](O)[C@]12C.[Na+]. The van der Waals surface area contributed by atoms with Crippen LogP contribution >= 0.6 is 0 Å². The predicted molar refractivity (Wildman–Crippen MR) is 106 cm³/mol. The fourth-order valence-electron chi connectivity index (χ4n) is 8.71. The van der Waals surface area contributed by atoms with Gasteiger partial charge in [-0.05, 0) is 111 Å². The number of aliphatic hydroxyl groups is 2. The van der Waals surface area contributed by atoms with Crippen LogP contribution in [0.25, 0.3) is 0 Å². The summed E-state index contributed by atoms with van der Waals surface area (Å²) in [5, 5.41) is 32.6. The minimum absolute atomic E-state index is 0. The van der Waals surface area contributed by atoms with Gasteiger partial charge in [0.2, 0.25) is 0 Å². The van der Waals surface area contributed by atoms with Crippen molar-refractivity contribution in [3.63, 3.8) is 0 Å². The Hall–Kier alpha value is 0.390. The summed E-state index contributed by atoms with van der Waals surface area (Å²) < 4.78 is 0. The summed E-state index contributed by atoms with van der Waals surface area (Å²) in [6.07, 6.45) is 8.98. The first-order chi connectivity index (χ1) is 13.2. The third-order valence-electron chi connectivity index (χ3n) is 10.3. The van der Waals surface area contributed by atoms with Gasteiger partial charge in [0.25, 0.3) is 0 Å². The molecule has 0 radical (unpaired) electrons. The van der Waals surface area contributed by atoms with Gasteiger partial charge in [0.1, 0.15) is 0 Å². The zero-order valence-corrected chi connectivity index (χ0v) is 20.9. The summed E-state index contributed by atoms with van der Waals surface area (Å²) in [6, 6.07) is 0. The summed E-state index contributed by atoms with van der Waals surface area (Å²) in [7, 11) is 0. The predicted octanol–water partition coefficient (Wildman–Crippen LogP) is 0.147. The molecule has 0 spiro atoms. The minimum Gasteiger partial charge on any atom is -0.550 e. The quantitative estimate of drug-likeness (QED) is 0.642. The van der Waals surface area contributed by atoms with E-state index >= 15 is 0 Å². The second-order valence-corrected chi connectivity index (χ2v) is 11.3. The molecule has 0 unspecified atom stereocenters. The molecule has 5 heteroatoms. The van der Waals surface area contributed by atoms with Crippen LogP contribution in [0.15, 0.2) is 0 Å².